The second-order valence-electron chi connectivity index (χ2n) is 8.15. The first-order chi connectivity index (χ1) is 16.0. The largest absolute Gasteiger partial charge is 0.400 e. The van der Waals surface area contributed by atoms with Crippen LogP contribution in [0.2, 0.25) is 5.02 Å². The quantitative estimate of drug-likeness (QED) is 0.473. The van der Waals surface area contributed by atoms with Gasteiger partial charge in [-0.05, 0) is 93.4 Å². The monoisotopic (exact) mass is 475 g/mol. The molecule has 0 bridgehead atoms. The van der Waals surface area contributed by atoms with Crippen LogP contribution in [0.3, 0.4) is 0 Å². The van der Waals surface area contributed by atoms with Gasteiger partial charge in [0.15, 0.2) is 6.29 Å². The Balaban J connectivity index is 0.000000354. The number of benzene rings is 1. The summed E-state index contributed by atoms with van der Waals surface area (Å²) in [6.45, 7) is 5.83. The zero-order valence-corrected chi connectivity index (χ0v) is 21.0. The number of aldehydes is 2. The Hall–Kier alpha value is -2.28. The number of hydrogen-bond acceptors (Lipinski definition) is 6. The molecule has 0 saturated heterocycles. The van der Waals surface area contributed by atoms with Crippen LogP contribution >= 0.6 is 11.6 Å². The summed E-state index contributed by atoms with van der Waals surface area (Å²) in [4.78, 5) is 25.4. The maximum Gasteiger partial charge on any atom is 0.151 e. The highest BCUT2D eigenvalue weighted by Crippen LogP contribution is 2.26. The van der Waals surface area contributed by atoms with Gasteiger partial charge in [-0.25, -0.2) is 4.98 Å². The lowest BCUT2D eigenvalue weighted by Gasteiger charge is -2.24. The first kappa shape index (κ1) is 28.8. The minimum absolute atomic E-state index is 0.364. The average Bonchev–Trinajstić information content (AvgIpc) is 2.85. The lowest BCUT2D eigenvalue weighted by Crippen LogP contribution is -2.24. The molecule has 1 aliphatic carbocycles. The normalized spacial score (nSPS) is 17.0. The molecule has 0 aliphatic heterocycles. The molecule has 0 atom stereocenters. The summed E-state index contributed by atoms with van der Waals surface area (Å²) in [5, 5.41) is 14.2. The van der Waals surface area contributed by atoms with Gasteiger partial charge in [0, 0.05) is 36.4 Å². The fraction of sp³-hybridized carbons (Fsp3) is 0.500. The number of carbonyl (C=O) groups is 2. The summed E-state index contributed by atoms with van der Waals surface area (Å²) in [5.74, 6) is 1.97. The van der Waals surface area contributed by atoms with Crippen molar-refractivity contribution in [2.24, 2.45) is 11.8 Å². The van der Waals surface area contributed by atoms with Crippen molar-refractivity contribution in [3.63, 3.8) is 0 Å². The predicted octanol–water partition coefficient (Wildman–Crippen LogP) is 4.85. The molecule has 1 aromatic heterocycles. The Morgan fingerprint density at radius 2 is 1.82 bits per heavy atom. The van der Waals surface area contributed by atoms with E-state index in [1.54, 1.807) is 6.20 Å². The highest BCUT2D eigenvalue weighted by molar-refractivity contribution is 6.30. The molecular formula is C26H38ClN3O3. The van der Waals surface area contributed by atoms with E-state index in [0.29, 0.717) is 18.0 Å². The number of aliphatic hydroxyl groups excluding tert-OH is 1. The van der Waals surface area contributed by atoms with E-state index in [9.17, 15) is 9.59 Å². The minimum Gasteiger partial charge on any atom is -0.400 e. The number of hydrogen-bond donors (Lipinski definition) is 3. The molecule has 3 N–H and O–H groups in total. The van der Waals surface area contributed by atoms with Crippen LogP contribution in [0.4, 0.5) is 5.82 Å². The number of aromatic nitrogens is 1. The Labute approximate surface area is 203 Å². The Kier molecular flexibility index (Phi) is 14.2. The molecule has 7 heteroatoms. The van der Waals surface area contributed by atoms with Gasteiger partial charge in [0.25, 0.3) is 0 Å². The number of nitrogens with zero attached hydrogens (tertiary/aromatic N) is 1. The van der Waals surface area contributed by atoms with E-state index in [0.717, 1.165) is 67.8 Å². The van der Waals surface area contributed by atoms with Gasteiger partial charge in [0.05, 0.1) is 0 Å². The van der Waals surface area contributed by atoms with Crippen molar-refractivity contribution in [1.82, 2.24) is 10.3 Å². The highest BCUT2D eigenvalue weighted by Gasteiger charge is 2.19. The number of aryl methyl sites for hydroxylation is 2. The minimum atomic E-state index is 0.364. The van der Waals surface area contributed by atoms with Crippen molar-refractivity contribution in [2.75, 3.05) is 26.0 Å². The standard InChI is InChI=1S/C16H17ClN2O.C9H17NO.CH4O/c1-3-13-4-5-15(17)7-14(13)9-19-16-11(2)6-12(10-20)8-18-16;1-10-6-8-2-4-9(7-11)5-3-8;1-2/h4-8,10H,3,9H2,1-2H3,(H,18,19);7-10H,2-6H2,1H3;2H,1H3. The molecule has 0 unspecified atom stereocenters. The number of pyridine rings is 1. The summed E-state index contributed by atoms with van der Waals surface area (Å²) in [5.41, 5.74) is 3.98. The van der Waals surface area contributed by atoms with Crippen LogP contribution in [0, 0.1) is 18.8 Å². The van der Waals surface area contributed by atoms with E-state index >= 15 is 0 Å². The van der Waals surface area contributed by atoms with E-state index in [-0.39, 0.29) is 0 Å². The fourth-order valence-corrected chi connectivity index (χ4v) is 4.14. The van der Waals surface area contributed by atoms with E-state index in [2.05, 4.69) is 28.6 Å². The maximum absolute atomic E-state index is 10.7. The second kappa shape index (κ2) is 16.4. The van der Waals surface area contributed by atoms with Gasteiger partial charge in [-0.15, -0.1) is 0 Å². The number of aliphatic hydroxyl groups is 1. The lowest BCUT2D eigenvalue weighted by molar-refractivity contribution is -0.112. The van der Waals surface area contributed by atoms with Crippen molar-refractivity contribution in [3.8, 4) is 0 Å². The first-order valence-electron chi connectivity index (χ1n) is 11.5. The highest BCUT2D eigenvalue weighted by atomic mass is 35.5. The van der Waals surface area contributed by atoms with Gasteiger partial charge in [0.1, 0.15) is 12.1 Å². The number of halogens is 1. The number of rotatable bonds is 8. The first-order valence-corrected chi connectivity index (χ1v) is 11.9. The number of anilines is 1. The Morgan fingerprint density at radius 3 is 2.36 bits per heavy atom. The summed E-state index contributed by atoms with van der Waals surface area (Å²) in [7, 11) is 2.99. The predicted molar refractivity (Wildman–Crippen MR) is 136 cm³/mol. The van der Waals surface area contributed by atoms with Gasteiger partial charge >= 0.3 is 0 Å². The van der Waals surface area contributed by atoms with Crippen molar-refractivity contribution in [2.45, 2.75) is 52.5 Å². The third kappa shape index (κ3) is 10.0. The van der Waals surface area contributed by atoms with E-state index in [1.807, 2.05) is 32.2 Å². The zero-order chi connectivity index (χ0) is 24.6. The molecule has 1 heterocycles. The van der Waals surface area contributed by atoms with Crippen LogP contribution in [0.15, 0.2) is 30.5 Å². The van der Waals surface area contributed by atoms with Gasteiger partial charge < -0.3 is 20.5 Å². The molecule has 0 radical (unpaired) electrons. The molecular weight excluding hydrogens is 438 g/mol. The summed E-state index contributed by atoms with van der Waals surface area (Å²) in [6.07, 6.45) is 9.12. The van der Waals surface area contributed by atoms with Crippen molar-refractivity contribution < 1.29 is 14.7 Å². The summed E-state index contributed by atoms with van der Waals surface area (Å²) >= 11 is 6.04. The van der Waals surface area contributed by atoms with Crippen LogP contribution in [0.25, 0.3) is 0 Å². The fourth-order valence-electron chi connectivity index (χ4n) is 3.95. The third-order valence-electron chi connectivity index (χ3n) is 5.81. The van der Waals surface area contributed by atoms with Crippen LogP contribution in [0.5, 0.6) is 0 Å². The molecule has 1 saturated carbocycles. The van der Waals surface area contributed by atoms with Crippen molar-refractivity contribution >= 4 is 30.0 Å². The molecule has 2 aromatic rings. The Morgan fingerprint density at radius 1 is 1.12 bits per heavy atom. The lowest BCUT2D eigenvalue weighted by atomic mass is 9.83. The van der Waals surface area contributed by atoms with E-state index < -0.39 is 0 Å². The van der Waals surface area contributed by atoms with Crippen LogP contribution < -0.4 is 10.6 Å². The van der Waals surface area contributed by atoms with Crippen LogP contribution in [-0.4, -0.2) is 43.4 Å². The smallest absolute Gasteiger partial charge is 0.151 e. The van der Waals surface area contributed by atoms with Gasteiger partial charge in [-0.3, -0.25) is 4.79 Å². The molecule has 33 heavy (non-hydrogen) atoms. The molecule has 0 amide bonds. The molecule has 182 valence electrons. The van der Waals surface area contributed by atoms with E-state index in [1.165, 1.54) is 24.0 Å². The average molecular weight is 476 g/mol. The maximum atomic E-state index is 10.7. The third-order valence-corrected chi connectivity index (χ3v) is 6.04. The second-order valence-corrected chi connectivity index (χ2v) is 8.58. The molecule has 0 spiro atoms. The van der Waals surface area contributed by atoms with E-state index in [4.69, 9.17) is 16.7 Å². The SMILES string of the molecule is CCc1ccc(Cl)cc1CNc1ncc(C=O)cc1C.CNCC1CCC(C=O)CC1.CO. The van der Waals surface area contributed by atoms with Gasteiger partial charge in [-0.2, -0.15) is 0 Å². The zero-order valence-electron chi connectivity index (χ0n) is 20.2. The van der Waals surface area contributed by atoms with Gasteiger partial charge in [-0.1, -0.05) is 24.6 Å². The number of nitrogens with one attached hydrogen (secondary N) is 2. The molecule has 1 aliphatic rings. The summed E-state index contributed by atoms with van der Waals surface area (Å²) < 4.78 is 0. The molecule has 1 aromatic carbocycles. The molecule has 6 nitrogen and oxygen atoms in total. The topological polar surface area (TPSA) is 91.3 Å². The van der Waals surface area contributed by atoms with Crippen molar-refractivity contribution in [1.29, 1.82) is 0 Å². The Bertz CT molecular complexity index is 853. The van der Waals surface area contributed by atoms with Crippen LogP contribution in [-0.2, 0) is 17.8 Å². The molecule has 1 fully saturated rings. The number of carbonyl (C=O) groups excluding carboxylic acids is 2. The molecule has 3 rings (SSSR count). The summed E-state index contributed by atoms with van der Waals surface area (Å²) in [6, 6.07) is 7.75. The van der Waals surface area contributed by atoms with Crippen LogP contribution in [0.1, 0.15) is 59.7 Å². The van der Waals surface area contributed by atoms with Gasteiger partial charge in [0.2, 0.25) is 0 Å². The van der Waals surface area contributed by atoms with Crippen molar-refractivity contribution in [3.05, 3.63) is 57.7 Å².